The summed E-state index contributed by atoms with van der Waals surface area (Å²) in [6.07, 6.45) is 6.94. The van der Waals surface area contributed by atoms with Gasteiger partial charge in [0.25, 0.3) is 0 Å². The molecule has 86 valence electrons. The Labute approximate surface area is 101 Å². The van der Waals surface area contributed by atoms with Crippen molar-refractivity contribution < 1.29 is 4.74 Å². The van der Waals surface area contributed by atoms with Crippen molar-refractivity contribution in [3.8, 4) is 5.75 Å². The van der Waals surface area contributed by atoms with E-state index in [-0.39, 0.29) is 0 Å². The van der Waals surface area contributed by atoms with Crippen LogP contribution in [-0.4, -0.2) is 16.6 Å². The number of ether oxygens (including phenoxy) is 1. The van der Waals surface area contributed by atoms with Crippen molar-refractivity contribution in [1.82, 2.24) is 4.98 Å². The first-order valence-corrected chi connectivity index (χ1v) is 6.05. The molecular formula is C12H16N2OS. The quantitative estimate of drug-likeness (QED) is 0.815. The highest BCUT2D eigenvalue weighted by molar-refractivity contribution is 7.80. The third kappa shape index (κ3) is 2.92. The van der Waals surface area contributed by atoms with Crippen molar-refractivity contribution in [1.29, 1.82) is 0 Å². The van der Waals surface area contributed by atoms with Crippen LogP contribution >= 0.6 is 12.2 Å². The van der Waals surface area contributed by atoms with Gasteiger partial charge in [-0.3, -0.25) is 0 Å². The van der Waals surface area contributed by atoms with E-state index < -0.39 is 0 Å². The first kappa shape index (κ1) is 11.3. The molecule has 1 aromatic rings. The summed E-state index contributed by atoms with van der Waals surface area (Å²) in [5, 5.41) is 0. The number of aromatic nitrogens is 1. The molecule has 0 unspecified atom stereocenters. The molecule has 1 aliphatic rings. The van der Waals surface area contributed by atoms with Gasteiger partial charge in [0.2, 0.25) is 0 Å². The maximum atomic E-state index is 5.68. The second-order valence-electron chi connectivity index (χ2n) is 4.20. The highest BCUT2D eigenvalue weighted by Crippen LogP contribution is 2.25. The Bertz CT molecular complexity index is 358. The Morgan fingerprint density at radius 2 is 2.19 bits per heavy atom. The summed E-state index contributed by atoms with van der Waals surface area (Å²) in [4.78, 5) is 4.45. The van der Waals surface area contributed by atoms with E-state index in [2.05, 4.69) is 4.98 Å². The lowest BCUT2D eigenvalue weighted by Gasteiger charge is -2.11. The number of rotatable bonds is 4. The van der Waals surface area contributed by atoms with E-state index in [1.165, 1.54) is 25.7 Å². The molecule has 0 atom stereocenters. The topological polar surface area (TPSA) is 48.1 Å². The Kier molecular flexibility index (Phi) is 3.72. The summed E-state index contributed by atoms with van der Waals surface area (Å²) in [6.45, 7) is 0.800. The lowest BCUT2D eigenvalue weighted by molar-refractivity contribution is 0.251. The second kappa shape index (κ2) is 5.25. The van der Waals surface area contributed by atoms with Gasteiger partial charge in [-0.25, -0.2) is 4.98 Å². The molecule has 0 bridgehead atoms. The Balaban J connectivity index is 1.87. The Morgan fingerprint density at radius 3 is 2.75 bits per heavy atom. The van der Waals surface area contributed by atoms with Gasteiger partial charge in [0.1, 0.15) is 10.7 Å². The third-order valence-electron chi connectivity index (χ3n) is 2.95. The summed E-state index contributed by atoms with van der Waals surface area (Å²) < 4.78 is 5.68. The van der Waals surface area contributed by atoms with Gasteiger partial charge < -0.3 is 10.5 Å². The lowest BCUT2D eigenvalue weighted by Crippen LogP contribution is -2.12. The highest BCUT2D eigenvalue weighted by Gasteiger charge is 2.15. The zero-order chi connectivity index (χ0) is 11.4. The van der Waals surface area contributed by atoms with Crippen LogP contribution in [0.25, 0.3) is 0 Å². The maximum absolute atomic E-state index is 5.68. The van der Waals surface area contributed by atoms with Crippen molar-refractivity contribution >= 4 is 17.2 Å². The molecule has 2 N–H and O–H groups in total. The lowest BCUT2D eigenvalue weighted by atomic mass is 10.1. The molecule has 16 heavy (non-hydrogen) atoms. The van der Waals surface area contributed by atoms with E-state index in [1.807, 2.05) is 6.07 Å². The summed E-state index contributed by atoms with van der Waals surface area (Å²) in [5.74, 6) is 1.52. The van der Waals surface area contributed by atoms with Gasteiger partial charge in [0.05, 0.1) is 18.5 Å². The normalized spacial score (nSPS) is 16.2. The fourth-order valence-electron chi connectivity index (χ4n) is 2.00. The molecule has 4 heteroatoms. The molecule has 2 rings (SSSR count). The molecule has 0 radical (unpaired) electrons. The number of pyridine rings is 1. The predicted octanol–water partition coefficient (Wildman–Crippen LogP) is 2.28. The van der Waals surface area contributed by atoms with Gasteiger partial charge in [-0.15, -0.1) is 0 Å². The molecule has 0 amide bonds. The Morgan fingerprint density at radius 1 is 1.44 bits per heavy atom. The molecule has 0 saturated heterocycles. The van der Waals surface area contributed by atoms with Crippen LogP contribution in [0.3, 0.4) is 0 Å². The van der Waals surface area contributed by atoms with Crippen LogP contribution < -0.4 is 10.5 Å². The molecule has 1 heterocycles. The SMILES string of the molecule is NC(=S)c1ccc(OCC2CCCC2)cn1. The van der Waals surface area contributed by atoms with Crippen molar-refractivity contribution in [2.45, 2.75) is 25.7 Å². The Hall–Kier alpha value is -1.16. The molecule has 0 aliphatic heterocycles. The van der Waals surface area contributed by atoms with E-state index in [0.29, 0.717) is 10.7 Å². The molecule has 3 nitrogen and oxygen atoms in total. The predicted molar refractivity (Wildman–Crippen MR) is 67.6 cm³/mol. The van der Waals surface area contributed by atoms with Gasteiger partial charge in [-0.2, -0.15) is 0 Å². The van der Waals surface area contributed by atoms with Crippen LogP contribution in [0.4, 0.5) is 0 Å². The molecule has 1 aromatic heterocycles. The van der Waals surface area contributed by atoms with Gasteiger partial charge in [0, 0.05) is 0 Å². The fraction of sp³-hybridized carbons (Fsp3) is 0.500. The van der Waals surface area contributed by atoms with Crippen molar-refractivity contribution in [2.24, 2.45) is 11.7 Å². The van der Waals surface area contributed by atoms with Crippen LogP contribution in [0.1, 0.15) is 31.4 Å². The fourth-order valence-corrected chi connectivity index (χ4v) is 2.12. The molecule has 1 saturated carbocycles. The summed E-state index contributed by atoms with van der Waals surface area (Å²) >= 11 is 4.83. The molecule has 1 fully saturated rings. The van der Waals surface area contributed by atoms with Crippen molar-refractivity contribution in [3.63, 3.8) is 0 Å². The number of nitrogens with zero attached hydrogens (tertiary/aromatic N) is 1. The van der Waals surface area contributed by atoms with Gasteiger partial charge in [-0.1, -0.05) is 25.1 Å². The van der Waals surface area contributed by atoms with Gasteiger partial charge >= 0.3 is 0 Å². The number of nitrogens with two attached hydrogens (primary N) is 1. The first-order chi connectivity index (χ1) is 7.75. The van der Waals surface area contributed by atoms with Crippen molar-refractivity contribution in [3.05, 3.63) is 24.0 Å². The van der Waals surface area contributed by atoms with Crippen LogP contribution in [0, 0.1) is 5.92 Å². The van der Waals surface area contributed by atoms with Gasteiger partial charge in [0.15, 0.2) is 0 Å². The number of thiocarbonyl (C=S) groups is 1. The van der Waals surface area contributed by atoms with Crippen LogP contribution in [0.5, 0.6) is 5.75 Å². The zero-order valence-electron chi connectivity index (χ0n) is 9.19. The van der Waals surface area contributed by atoms with E-state index in [1.54, 1.807) is 12.3 Å². The summed E-state index contributed by atoms with van der Waals surface area (Å²) in [6, 6.07) is 3.67. The largest absolute Gasteiger partial charge is 0.492 e. The average Bonchev–Trinajstić information content (AvgIpc) is 2.80. The van der Waals surface area contributed by atoms with Gasteiger partial charge in [-0.05, 0) is 30.9 Å². The zero-order valence-corrected chi connectivity index (χ0v) is 10.0. The van der Waals surface area contributed by atoms with E-state index in [4.69, 9.17) is 22.7 Å². The summed E-state index contributed by atoms with van der Waals surface area (Å²) in [5.41, 5.74) is 6.11. The van der Waals surface area contributed by atoms with Crippen molar-refractivity contribution in [2.75, 3.05) is 6.61 Å². The monoisotopic (exact) mass is 236 g/mol. The minimum absolute atomic E-state index is 0.322. The summed E-state index contributed by atoms with van der Waals surface area (Å²) in [7, 11) is 0. The van der Waals surface area contributed by atoms with E-state index >= 15 is 0 Å². The van der Waals surface area contributed by atoms with Crippen LogP contribution in [-0.2, 0) is 0 Å². The maximum Gasteiger partial charge on any atom is 0.137 e. The average molecular weight is 236 g/mol. The van der Waals surface area contributed by atoms with E-state index in [9.17, 15) is 0 Å². The smallest absolute Gasteiger partial charge is 0.137 e. The molecule has 0 aromatic carbocycles. The number of hydrogen-bond donors (Lipinski definition) is 1. The standard InChI is InChI=1S/C12H16N2OS/c13-12(16)11-6-5-10(7-14-11)15-8-9-3-1-2-4-9/h5-7,9H,1-4,8H2,(H2,13,16). The van der Waals surface area contributed by atoms with E-state index in [0.717, 1.165) is 18.3 Å². The third-order valence-corrected chi connectivity index (χ3v) is 3.16. The highest BCUT2D eigenvalue weighted by atomic mass is 32.1. The molecule has 0 spiro atoms. The molecule has 1 aliphatic carbocycles. The molecular weight excluding hydrogens is 220 g/mol. The first-order valence-electron chi connectivity index (χ1n) is 5.64. The minimum Gasteiger partial charge on any atom is -0.492 e. The number of hydrogen-bond acceptors (Lipinski definition) is 3. The van der Waals surface area contributed by atoms with Crippen LogP contribution in [0.15, 0.2) is 18.3 Å². The van der Waals surface area contributed by atoms with Crippen LogP contribution in [0.2, 0.25) is 0 Å². The minimum atomic E-state index is 0.322. The second-order valence-corrected chi connectivity index (χ2v) is 4.64.